The number of rotatable bonds is 2. The lowest BCUT2D eigenvalue weighted by atomic mass is 10.1. The van der Waals surface area contributed by atoms with Gasteiger partial charge >= 0.3 is 0 Å². The summed E-state index contributed by atoms with van der Waals surface area (Å²) >= 11 is 0. The molecule has 2 N–H and O–H groups in total. The number of aromatic nitrogens is 4. The van der Waals surface area contributed by atoms with Crippen molar-refractivity contribution < 1.29 is 0 Å². The molecule has 3 rings (SSSR count). The van der Waals surface area contributed by atoms with E-state index < -0.39 is 0 Å². The molecule has 0 spiro atoms. The molecule has 21 heavy (non-hydrogen) atoms. The number of benzene rings is 2. The minimum Gasteiger partial charge on any atom is -0.399 e. The van der Waals surface area contributed by atoms with E-state index in [4.69, 9.17) is 5.73 Å². The van der Waals surface area contributed by atoms with E-state index in [2.05, 4.69) is 41.5 Å². The summed E-state index contributed by atoms with van der Waals surface area (Å²) in [6.45, 7) is 6.14. The molecule has 3 aromatic rings. The first-order valence-corrected chi connectivity index (χ1v) is 6.79. The quantitative estimate of drug-likeness (QED) is 0.732. The molecule has 0 aliphatic carbocycles. The second-order valence-electron chi connectivity index (χ2n) is 5.23. The highest BCUT2D eigenvalue weighted by atomic mass is 15.5. The van der Waals surface area contributed by atoms with Crippen LogP contribution in [-0.2, 0) is 0 Å². The zero-order valence-corrected chi connectivity index (χ0v) is 12.3. The Hall–Kier alpha value is -2.69. The highest BCUT2D eigenvalue weighted by Crippen LogP contribution is 2.27. The van der Waals surface area contributed by atoms with E-state index in [0.717, 1.165) is 27.9 Å². The van der Waals surface area contributed by atoms with E-state index in [9.17, 15) is 0 Å². The van der Waals surface area contributed by atoms with E-state index in [1.165, 1.54) is 0 Å². The maximum absolute atomic E-state index is 5.90. The molecule has 0 unspecified atom stereocenters. The smallest absolute Gasteiger partial charge is 0.187 e. The number of tetrazole rings is 1. The summed E-state index contributed by atoms with van der Waals surface area (Å²) in [6.07, 6.45) is 0. The van der Waals surface area contributed by atoms with Crippen molar-refractivity contribution in [2.24, 2.45) is 0 Å². The Morgan fingerprint density at radius 2 is 1.67 bits per heavy atom. The fourth-order valence-corrected chi connectivity index (χ4v) is 2.53. The van der Waals surface area contributed by atoms with Crippen LogP contribution in [-0.4, -0.2) is 20.2 Å². The molecular weight excluding hydrogens is 262 g/mol. The van der Waals surface area contributed by atoms with E-state index in [-0.39, 0.29) is 0 Å². The Kier molecular flexibility index (Phi) is 3.17. The van der Waals surface area contributed by atoms with Crippen molar-refractivity contribution in [1.29, 1.82) is 0 Å². The van der Waals surface area contributed by atoms with Crippen molar-refractivity contribution in [2.45, 2.75) is 20.8 Å². The summed E-state index contributed by atoms with van der Waals surface area (Å²) in [5.41, 5.74) is 11.9. The van der Waals surface area contributed by atoms with Crippen LogP contribution >= 0.6 is 0 Å². The second kappa shape index (κ2) is 5.01. The third-order valence-corrected chi connectivity index (χ3v) is 3.62. The first-order chi connectivity index (χ1) is 10.1. The third-order valence-electron chi connectivity index (χ3n) is 3.62. The number of aryl methyl sites for hydroxylation is 3. The zero-order chi connectivity index (χ0) is 15.0. The van der Waals surface area contributed by atoms with Gasteiger partial charge < -0.3 is 5.73 Å². The first kappa shape index (κ1) is 13.3. The van der Waals surface area contributed by atoms with Crippen molar-refractivity contribution in [3.05, 3.63) is 53.1 Å². The fraction of sp³-hybridized carbons (Fsp3) is 0.188. The number of para-hydroxylation sites is 1. The fourth-order valence-electron chi connectivity index (χ4n) is 2.53. The summed E-state index contributed by atoms with van der Waals surface area (Å²) in [7, 11) is 0. The van der Waals surface area contributed by atoms with E-state index in [1.807, 2.05) is 31.2 Å². The van der Waals surface area contributed by atoms with E-state index in [1.54, 1.807) is 4.68 Å². The SMILES string of the molecule is Cc1ccc(N)cc1-c1nnnn1-c1c(C)cccc1C. The lowest BCUT2D eigenvalue weighted by Gasteiger charge is -2.12. The van der Waals surface area contributed by atoms with Crippen molar-refractivity contribution in [3.8, 4) is 17.1 Å². The van der Waals surface area contributed by atoms with Gasteiger partial charge in [-0.05, 0) is 60.0 Å². The van der Waals surface area contributed by atoms with Crippen LogP contribution in [0.4, 0.5) is 5.69 Å². The molecular formula is C16H17N5. The maximum atomic E-state index is 5.90. The highest BCUT2D eigenvalue weighted by Gasteiger charge is 2.16. The standard InChI is InChI=1S/C16H17N5/c1-10-7-8-13(17)9-14(10)16-18-19-20-21(16)15-11(2)5-4-6-12(15)3/h4-9H,17H2,1-3H3. The molecule has 0 aliphatic rings. The van der Waals surface area contributed by atoms with Gasteiger partial charge in [0.25, 0.3) is 0 Å². The predicted molar refractivity (Wildman–Crippen MR) is 83.2 cm³/mol. The minimum atomic E-state index is 0.701. The van der Waals surface area contributed by atoms with Crippen LogP contribution in [0.15, 0.2) is 36.4 Å². The molecule has 0 fully saturated rings. The van der Waals surface area contributed by atoms with Gasteiger partial charge in [0.2, 0.25) is 0 Å². The van der Waals surface area contributed by atoms with Crippen molar-refractivity contribution in [3.63, 3.8) is 0 Å². The molecule has 0 aliphatic heterocycles. The van der Waals surface area contributed by atoms with Crippen LogP contribution < -0.4 is 5.73 Å². The molecule has 0 amide bonds. The predicted octanol–water partition coefficient (Wildman–Crippen LogP) is 2.84. The molecule has 0 radical (unpaired) electrons. The Morgan fingerprint density at radius 3 is 2.38 bits per heavy atom. The van der Waals surface area contributed by atoms with E-state index in [0.29, 0.717) is 11.5 Å². The van der Waals surface area contributed by atoms with Crippen molar-refractivity contribution >= 4 is 5.69 Å². The monoisotopic (exact) mass is 279 g/mol. The maximum Gasteiger partial charge on any atom is 0.187 e. The van der Waals surface area contributed by atoms with Crippen LogP contribution in [0.2, 0.25) is 0 Å². The Labute approximate surface area is 123 Å². The Morgan fingerprint density at radius 1 is 0.952 bits per heavy atom. The number of nitrogens with two attached hydrogens (primary N) is 1. The molecule has 5 heteroatoms. The van der Waals surface area contributed by atoms with Gasteiger partial charge in [-0.25, -0.2) is 0 Å². The highest BCUT2D eigenvalue weighted by molar-refractivity contribution is 5.67. The largest absolute Gasteiger partial charge is 0.399 e. The molecule has 5 nitrogen and oxygen atoms in total. The first-order valence-electron chi connectivity index (χ1n) is 6.79. The van der Waals surface area contributed by atoms with Gasteiger partial charge in [0.05, 0.1) is 5.69 Å². The average molecular weight is 279 g/mol. The number of anilines is 1. The van der Waals surface area contributed by atoms with Gasteiger partial charge in [-0.15, -0.1) is 5.10 Å². The summed E-state index contributed by atoms with van der Waals surface area (Å²) in [6, 6.07) is 11.9. The van der Waals surface area contributed by atoms with Crippen LogP contribution in [0.1, 0.15) is 16.7 Å². The molecule has 1 heterocycles. The number of hydrogen-bond donors (Lipinski definition) is 1. The summed E-state index contributed by atoms with van der Waals surface area (Å²) in [4.78, 5) is 0. The third kappa shape index (κ3) is 2.27. The van der Waals surface area contributed by atoms with Gasteiger partial charge in [0.1, 0.15) is 0 Å². The Balaban J connectivity index is 2.25. The summed E-state index contributed by atoms with van der Waals surface area (Å²) in [5, 5.41) is 12.2. The lowest BCUT2D eigenvalue weighted by molar-refractivity contribution is 0.783. The number of nitrogens with zero attached hydrogens (tertiary/aromatic N) is 4. The van der Waals surface area contributed by atoms with E-state index >= 15 is 0 Å². The Bertz CT molecular complexity index is 784. The van der Waals surface area contributed by atoms with Crippen LogP contribution in [0.25, 0.3) is 17.1 Å². The van der Waals surface area contributed by atoms with Crippen LogP contribution in [0.3, 0.4) is 0 Å². The van der Waals surface area contributed by atoms with Gasteiger partial charge in [-0.3, -0.25) is 0 Å². The van der Waals surface area contributed by atoms with Crippen molar-refractivity contribution in [2.75, 3.05) is 5.73 Å². The molecule has 106 valence electrons. The zero-order valence-electron chi connectivity index (χ0n) is 12.3. The number of hydrogen-bond acceptors (Lipinski definition) is 4. The molecule has 0 saturated carbocycles. The van der Waals surface area contributed by atoms with Crippen LogP contribution in [0.5, 0.6) is 0 Å². The minimum absolute atomic E-state index is 0.701. The molecule has 1 aromatic heterocycles. The normalized spacial score (nSPS) is 10.8. The molecule has 0 saturated heterocycles. The number of nitrogen functional groups attached to an aromatic ring is 1. The molecule has 0 atom stereocenters. The van der Waals surface area contributed by atoms with Gasteiger partial charge in [0.15, 0.2) is 5.82 Å². The van der Waals surface area contributed by atoms with Gasteiger partial charge in [-0.2, -0.15) is 4.68 Å². The van der Waals surface area contributed by atoms with Gasteiger partial charge in [0, 0.05) is 11.3 Å². The van der Waals surface area contributed by atoms with Gasteiger partial charge in [-0.1, -0.05) is 24.3 Å². The topological polar surface area (TPSA) is 69.6 Å². The average Bonchev–Trinajstić information content (AvgIpc) is 2.90. The second-order valence-corrected chi connectivity index (χ2v) is 5.23. The van der Waals surface area contributed by atoms with Crippen molar-refractivity contribution in [1.82, 2.24) is 20.2 Å². The summed E-state index contributed by atoms with van der Waals surface area (Å²) in [5.74, 6) is 0.706. The van der Waals surface area contributed by atoms with Crippen LogP contribution in [0, 0.1) is 20.8 Å². The lowest BCUT2D eigenvalue weighted by Crippen LogP contribution is -2.05. The molecule has 2 aromatic carbocycles. The summed E-state index contributed by atoms with van der Waals surface area (Å²) < 4.78 is 1.78. The molecule has 0 bridgehead atoms.